The fourth-order valence-corrected chi connectivity index (χ4v) is 5.07. The molecule has 28 heavy (non-hydrogen) atoms. The monoisotopic (exact) mass is 400 g/mol. The van der Waals surface area contributed by atoms with Crippen molar-refractivity contribution in [3.63, 3.8) is 0 Å². The van der Waals surface area contributed by atoms with E-state index in [-0.39, 0.29) is 10.8 Å². The van der Waals surface area contributed by atoms with E-state index in [9.17, 15) is 13.2 Å². The molecule has 1 saturated heterocycles. The lowest BCUT2D eigenvalue weighted by molar-refractivity contribution is 0.102. The molecule has 1 aliphatic rings. The Labute approximate surface area is 167 Å². The zero-order chi connectivity index (χ0) is 20.1. The SMILES string of the molecule is CC[C@H](C)c1ccccc1NC(=O)c1cccc(S(=O)(=O)N2CCCCC2)c1. The van der Waals surface area contributed by atoms with Gasteiger partial charge in [0.1, 0.15) is 0 Å². The lowest BCUT2D eigenvalue weighted by atomic mass is 9.97. The molecule has 1 atom stereocenters. The number of hydrogen-bond acceptors (Lipinski definition) is 3. The van der Waals surface area contributed by atoms with Gasteiger partial charge in [0.2, 0.25) is 10.0 Å². The molecule has 5 nitrogen and oxygen atoms in total. The lowest BCUT2D eigenvalue weighted by Crippen LogP contribution is -2.35. The third-order valence-corrected chi connectivity index (χ3v) is 7.30. The number of anilines is 1. The van der Waals surface area contributed by atoms with Crippen LogP contribution in [0, 0.1) is 0 Å². The minimum absolute atomic E-state index is 0.178. The molecule has 0 aliphatic carbocycles. The lowest BCUT2D eigenvalue weighted by Gasteiger charge is -2.26. The van der Waals surface area contributed by atoms with Crippen LogP contribution in [0.5, 0.6) is 0 Å². The van der Waals surface area contributed by atoms with E-state index in [4.69, 9.17) is 0 Å². The number of amides is 1. The predicted molar refractivity (Wildman–Crippen MR) is 112 cm³/mol. The van der Waals surface area contributed by atoms with Gasteiger partial charge in [0.15, 0.2) is 0 Å². The highest BCUT2D eigenvalue weighted by Gasteiger charge is 2.26. The van der Waals surface area contributed by atoms with Crippen molar-refractivity contribution < 1.29 is 13.2 Å². The summed E-state index contributed by atoms with van der Waals surface area (Å²) >= 11 is 0. The van der Waals surface area contributed by atoms with Gasteiger partial charge in [0.05, 0.1) is 4.90 Å². The second kappa shape index (κ2) is 8.88. The van der Waals surface area contributed by atoms with Crippen LogP contribution in [0.4, 0.5) is 5.69 Å². The number of carbonyl (C=O) groups excluding carboxylic acids is 1. The third kappa shape index (κ3) is 4.45. The zero-order valence-corrected chi connectivity index (χ0v) is 17.3. The van der Waals surface area contributed by atoms with Crippen molar-refractivity contribution in [1.29, 1.82) is 0 Å². The van der Waals surface area contributed by atoms with Gasteiger partial charge in [-0.25, -0.2) is 8.42 Å². The number of benzene rings is 2. The Kier molecular flexibility index (Phi) is 6.52. The molecule has 3 rings (SSSR count). The van der Waals surface area contributed by atoms with Crippen molar-refractivity contribution in [2.45, 2.75) is 50.3 Å². The van der Waals surface area contributed by atoms with E-state index < -0.39 is 10.0 Å². The number of nitrogens with zero attached hydrogens (tertiary/aromatic N) is 1. The van der Waals surface area contributed by atoms with Crippen LogP contribution < -0.4 is 5.32 Å². The van der Waals surface area contributed by atoms with Gasteiger partial charge < -0.3 is 5.32 Å². The summed E-state index contributed by atoms with van der Waals surface area (Å²) in [5.74, 6) is 0.0220. The second-order valence-electron chi connectivity index (χ2n) is 7.34. The van der Waals surface area contributed by atoms with Gasteiger partial charge in [-0.1, -0.05) is 44.5 Å². The van der Waals surface area contributed by atoms with Crippen molar-refractivity contribution in [3.05, 3.63) is 59.7 Å². The highest BCUT2D eigenvalue weighted by molar-refractivity contribution is 7.89. The molecule has 1 N–H and O–H groups in total. The van der Waals surface area contributed by atoms with Gasteiger partial charge in [-0.2, -0.15) is 4.31 Å². The van der Waals surface area contributed by atoms with Gasteiger partial charge in [-0.05, 0) is 55.0 Å². The first-order chi connectivity index (χ1) is 13.4. The number of piperidine rings is 1. The van der Waals surface area contributed by atoms with Gasteiger partial charge in [-0.3, -0.25) is 4.79 Å². The number of rotatable bonds is 6. The molecule has 0 spiro atoms. The van der Waals surface area contributed by atoms with Crippen molar-refractivity contribution in [3.8, 4) is 0 Å². The van der Waals surface area contributed by atoms with Crippen molar-refractivity contribution in [2.75, 3.05) is 18.4 Å². The summed E-state index contributed by atoms with van der Waals surface area (Å²) in [6.45, 7) is 5.32. The number of hydrogen-bond donors (Lipinski definition) is 1. The molecule has 0 saturated carbocycles. The summed E-state index contributed by atoms with van der Waals surface area (Å²) in [6.07, 6.45) is 3.79. The van der Waals surface area contributed by atoms with Crippen LogP contribution in [0.1, 0.15) is 61.4 Å². The highest BCUT2D eigenvalue weighted by Crippen LogP contribution is 2.27. The summed E-state index contributed by atoms with van der Waals surface area (Å²) in [4.78, 5) is 13.0. The summed E-state index contributed by atoms with van der Waals surface area (Å²) in [6, 6.07) is 14.1. The van der Waals surface area contributed by atoms with Crippen molar-refractivity contribution in [1.82, 2.24) is 4.31 Å². The standard InChI is InChI=1S/C22H28N2O3S/c1-3-17(2)20-12-5-6-13-21(20)23-22(25)18-10-9-11-19(16-18)28(26,27)24-14-7-4-8-15-24/h5-6,9-13,16-17H,3-4,7-8,14-15H2,1-2H3,(H,23,25)/t17-/m0/s1. The smallest absolute Gasteiger partial charge is 0.255 e. The molecule has 1 amide bonds. The first kappa shape index (κ1) is 20.6. The van der Waals surface area contributed by atoms with E-state index >= 15 is 0 Å². The molecule has 0 bridgehead atoms. The van der Waals surface area contributed by atoms with E-state index in [1.54, 1.807) is 18.2 Å². The van der Waals surface area contributed by atoms with Crippen LogP contribution in [-0.4, -0.2) is 31.7 Å². The quantitative estimate of drug-likeness (QED) is 0.769. The molecule has 2 aromatic carbocycles. The van der Waals surface area contributed by atoms with Gasteiger partial charge in [0.25, 0.3) is 5.91 Å². The maximum Gasteiger partial charge on any atom is 0.255 e. The minimum Gasteiger partial charge on any atom is -0.322 e. The van der Waals surface area contributed by atoms with Gasteiger partial charge in [-0.15, -0.1) is 0 Å². The van der Waals surface area contributed by atoms with E-state index in [1.807, 2.05) is 24.3 Å². The van der Waals surface area contributed by atoms with E-state index in [0.717, 1.165) is 36.9 Å². The molecular weight excluding hydrogens is 372 g/mol. The third-order valence-electron chi connectivity index (χ3n) is 5.40. The molecule has 1 heterocycles. The Hall–Kier alpha value is -2.18. The normalized spacial score (nSPS) is 16.5. The van der Waals surface area contributed by atoms with Crippen LogP contribution in [-0.2, 0) is 10.0 Å². The largest absolute Gasteiger partial charge is 0.322 e. The first-order valence-electron chi connectivity index (χ1n) is 9.94. The molecule has 6 heteroatoms. The Morgan fingerprint density at radius 3 is 2.50 bits per heavy atom. The van der Waals surface area contributed by atoms with Crippen molar-refractivity contribution in [2.24, 2.45) is 0 Å². The highest BCUT2D eigenvalue weighted by atomic mass is 32.2. The maximum atomic E-state index is 12.9. The van der Waals surface area contributed by atoms with Crippen molar-refractivity contribution >= 4 is 21.6 Å². The molecular formula is C22H28N2O3S. The van der Waals surface area contributed by atoms with Gasteiger partial charge >= 0.3 is 0 Å². The Morgan fingerprint density at radius 2 is 1.79 bits per heavy atom. The van der Waals surface area contributed by atoms with E-state index in [0.29, 0.717) is 24.6 Å². The zero-order valence-electron chi connectivity index (χ0n) is 16.5. The average Bonchev–Trinajstić information content (AvgIpc) is 2.74. The molecule has 2 aromatic rings. The maximum absolute atomic E-state index is 12.9. The second-order valence-corrected chi connectivity index (χ2v) is 9.28. The Bertz CT molecular complexity index is 934. The Balaban J connectivity index is 1.84. The topological polar surface area (TPSA) is 66.5 Å². The Morgan fingerprint density at radius 1 is 1.07 bits per heavy atom. The number of para-hydroxylation sites is 1. The minimum atomic E-state index is -3.56. The van der Waals surface area contributed by atoms with Crippen LogP contribution in [0.15, 0.2) is 53.4 Å². The molecule has 1 aliphatic heterocycles. The summed E-state index contributed by atoms with van der Waals surface area (Å²) < 4.78 is 27.3. The fraction of sp³-hybridized carbons (Fsp3) is 0.409. The molecule has 150 valence electrons. The van der Waals surface area contributed by atoms with Crippen LogP contribution in [0.2, 0.25) is 0 Å². The van der Waals surface area contributed by atoms with E-state index in [1.165, 1.54) is 10.4 Å². The number of nitrogens with one attached hydrogen (secondary N) is 1. The number of sulfonamides is 1. The van der Waals surface area contributed by atoms with Crippen LogP contribution in [0.3, 0.4) is 0 Å². The summed E-state index contributed by atoms with van der Waals surface area (Å²) in [5.41, 5.74) is 2.19. The molecule has 0 aromatic heterocycles. The van der Waals surface area contributed by atoms with Crippen LogP contribution >= 0.6 is 0 Å². The molecule has 0 radical (unpaired) electrons. The fourth-order valence-electron chi connectivity index (χ4n) is 3.51. The molecule has 0 unspecified atom stereocenters. The molecule has 1 fully saturated rings. The first-order valence-corrected chi connectivity index (χ1v) is 11.4. The number of carbonyl (C=O) groups is 1. The van der Waals surface area contributed by atoms with Gasteiger partial charge in [0, 0.05) is 24.3 Å². The summed E-state index contributed by atoms with van der Waals surface area (Å²) in [7, 11) is -3.56. The van der Waals surface area contributed by atoms with Crippen LogP contribution in [0.25, 0.3) is 0 Å². The predicted octanol–water partition coefficient (Wildman–Crippen LogP) is 4.63. The van der Waals surface area contributed by atoms with E-state index in [2.05, 4.69) is 19.2 Å². The average molecular weight is 401 g/mol. The summed E-state index contributed by atoms with van der Waals surface area (Å²) in [5, 5.41) is 2.95.